The van der Waals surface area contributed by atoms with E-state index in [9.17, 15) is 19.7 Å². The highest BCUT2D eigenvalue weighted by molar-refractivity contribution is 6.00. The van der Waals surface area contributed by atoms with E-state index >= 15 is 0 Å². The molecular weight excluding hydrogens is 274 g/mol. The van der Waals surface area contributed by atoms with Gasteiger partial charge in [0.05, 0.1) is 11.5 Å². The molecule has 21 heavy (non-hydrogen) atoms. The van der Waals surface area contributed by atoms with Crippen molar-refractivity contribution in [3.05, 3.63) is 39.4 Å². The van der Waals surface area contributed by atoms with Gasteiger partial charge in [-0.05, 0) is 25.8 Å². The Morgan fingerprint density at radius 2 is 2.00 bits per heavy atom. The summed E-state index contributed by atoms with van der Waals surface area (Å²) in [6.07, 6.45) is 1.95. The molecule has 0 spiro atoms. The number of rotatable bonds is 4. The third-order valence-corrected chi connectivity index (χ3v) is 3.52. The van der Waals surface area contributed by atoms with Crippen LogP contribution in [0.25, 0.3) is 0 Å². The molecule has 1 aliphatic rings. The lowest BCUT2D eigenvalue weighted by Gasteiger charge is -2.15. The zero-order chi connectivity index (χ0) is 15.4. The maximum absolute atomic E-state index is 12.1. The number of nitrogens with zero attached hydrogens (tertiary/aromatic N) is 2. The monoisotopic (exact) mass is 291 g/mol. The minimum atomic E-state index is -0.599. The fourth-order valence-electron chi connectivity index (χ4n) is 2.41. The normalized spacial score (nSPS) is 14.0. The van der Waals surface area contributed by atoms with Crippen molar-refractivity contribution >= 4 is 17.5 Å². The summed E-state index contributed by atoms with van der Waals surface area (Å²) in [5.41, 5.74) is 0.177. The van der Waals surface area contributed by atoms with Crippen molar-refractivity contribution in [1.29, 1.82) is 0 Å². The van der Waals surface area contributed by atoms with Gasteiger partial charge in [0.25, 0.3) is 11.6 Å². The molecule has 0 bridgehead atoms. The number of nitrogens with one attached hydrogen (secondary N) is 1. The Kier molecular flexibility index (Phi) is 4.52. The van der Waals surface area contributed by atoms with Gasteiger partial charge in [0, 0.05) is 18.7 Å². The SMILES string of the molecule is Cc1cccc(C(=O)NCC(=O)N2CCCC2)c1[N+](=O)[O-]. The second-order valence-corrected chi connectivity index (χ2v) is 5.00. The van der Waals surface area contributed by atoms with Gasteiger partial charge in [-0.3, -0.25) is 19.7 Å². The standard InChI is InChI=1S/C14H17N3O4/c1-10-5-4-6-11(13(10)17(20)21)14(19)15-9-12(18)16-7-2-3-8-16/h4-6H,2-3,7-9H2,1H3,(H,15,19). The Hall–Kier alpha value is -2.44. The number of nitro benzene ring substituents is 1. The summed E-state index contributed by atoms with van der Waals surface area (Å²) in [7, 11) is 0. The highest BCUT2D eigenvalue weighted by atomic mass is 16.6. The van der Waals surface area contributed by atoms with Crippen molar-refractivity contribution in [2.24, 2.45) is 0 Å². The first kappa shape index (κ1) is 15.0. The lowest BCUT2D eigenvalue weighted by Crippen LogP contribution is -2.38. The number of benzene rings is 1. The van der Waals surface area contributed by atoms with Gasteiger partial charge in [-0.15, -0.1) is 0 Å². The summed E-state index contributed by atoms with van der Waals surface area (Å²) in [5.74, 6) is -0.755. The lowest BCUT2D eigenvalue weighted by atomic mass is 10.1. The average molecular weight is 291 g/mol. The number of carbonyl (C=O) groups is 2. The minimum Gasteiger partial charge on any atom is -0.343 e. The first-order chi connectivity index (χ1) is 10.0. The summed E-state index contributed by atoms with van der Waals surface area (Å²) in [6, 6.07) is 4.55. The van der Waals surface area contributed by atoms with Crippen molar-refractivity contribution in [1.82, 2.24) is 10.2 Å². The van der Waals surface area contributed by atoms with Gasteiger partial charge in [0.2, 0.25) is 5.91 Å². The van der Waals surface area contributed by atoms with Crippen LogP contribution in [0.4, 0.5) is 5.69 Å². The van der Waals surface area contributed by atoms with Crippen molar-refractivity contribution < 1.29 is 14.5 Å². The molecule has 0 aromatic heterocycles. The summed E-state index contributed by atoms with van der Waals surface area (Å²) in [5, 5.41) is 13.5. The molecule has 0 saturated carbocycles. The third-order valence-electron chi connectivity index (χ3n) is 3.52. The fraction of sp³-hybridized carbons (Fsp3) is 0.429. The Morgan fingerprint density at radius 1 is 1.33 bits per heavy atom. The van der Waals surface area contributed by atoms with Gasteiger partial charge >= 0.3 is 0 Å². The fourth-order valence-corrected chi connectivity index (χ4v) is 2.41. The maximum Gasteiger partial charge on any atom is 0.285 e. The highest BCUT2D eigenvalue weighted by Crippen LogP contribution is 2.22. The quantitative estimate of drug-likeness (QED) is 0.667. The van der Waals surface area contributed by atoms with Crippen LogP contribution in [-0.4, -0.2) is 41.3 Å². The van der Waals surface area contributed by atoms with Gasteiger partial charge < -0.3 is 10.2 Å². The van der Waals surface area contributed by atoms with E-state index in [0.717, 1.165) is 12.8 Å². The van der Waals surface area contributed by atoms with Gasteiger partial charge in [-0.25, -0.2) is 0 Å². The van der Waals surface area contributed by atoms with E-state index in [1.54, 1.807) is 24.0 Å². The van der Waals surface area contributed by atoms with E-state index in [-0.39, 0.29) is 23.7 Å². The van der Waals surface area contributed by atoms with Crippen LogP contribution in [0, 0.1) is 17.0 Å². The van der Waals surface area contributed by atoms with E-state index in [4.69, 9.17) is 0 Å². The van der Waals surface area contributed by atoms with Crippen molar-refractivity contribution in [2.45, 2.75) is 19.8 Å². The molecule has 1 heterocycles. The molecule has 7 heteroatoms. The molecule has 0 unspecified atom stereocenters. The third kappa shape index (κ3) is 3.36. The number of amides is 2. The van der Waals surface area contributed by atoms with Crippen LogP contribution in [0.2, 0.25) is 0 Å². The molecule has 7 nitrogen and oxygen atoms in total. The first-order valence-corrected chi connectivity index (χ1v) is 6.80. The van der Waals surface area contributed by atoms with Gasteiger partial charge in [-0.2, -0.15) is 0 Å². The molecule has 1 aliphatic heterocycles. The number of hydrogen-bond donors (Lipinski definition) is 1. The Bertz CT molecular complexity index is 580. The molecule has 0 aliphatic carbocycles. The molecule has 1 fully saturated rings. The second-order valence-electron chi connectivity index (χ2n) is 5.00. The van der Waals surface area contributed by atoms with E-state index in [2.05, 4.69) is 5.32 Å². The van der Waals surface area contributed by atoms with Crippen LogP contribution in [-0.2, 0) is 4.79 Å². The number of likely N-dealkylation sites (tertiary alicyclic amines) is 1. The van der Waals surface area contributed by atoms with Crippen molar-refractivity contribution in [3.8, 4) is 0 Å². The summed E-state index contributed by atoms with van der Waals surface area (Å²) in [6.45, 7) is 2.85. The van der Waals surface area contributed by atoms with E-state index in [1.807, 2.05) is 0 Å². The van der Waals surface area contributed by atoms with Crippen LogP contribution in [0.3, 0.4) is 0 Å². The Balaban J connectivity index is 2.05. The lowest BCUT2D eigenvalue weighted by molar-refractivity contribution is -0.385. The summed E-state index contributed by atoms with van der Waals surface area (Å²) < 4.78 is 0. The van der Waals surface area contributed by atoms with Crippen LogP contribution < -0.4 is 5.32 Å². The van der Waals surface area contributed by atoms with Crippen LogP contribution in [0.1, 0.15) is 28.8 Å². The minimum absolute atomic E-state index is 0.0192. The molecular formula is C14H17N3O4. The molecule has 2 rings (SSSR count). The highest BCUT2D eigenvalue weighted by Gasteiger charge is 2.24. The van der Waals surface area contributed by atoms with Crippen molar-refractivity contribution in [3.63, 3.8) is 0 Å². The van der Waals surface area contributed by atoms with Gasteiger partial charge in [0.1, 0.15) is 5.56 Å². The maximum atomic E-state index is 12.1. The average Bonchev–Trinajstić information content (AvgIpc) is 2.97. The number of nitro groups is 1. The number of hydrogen-bond acceptors (Lipinski definition) is 4. The molecule has 0 radical (unpaired) electrons. The van der Waals surface area contributed by atoms with Gasteiger partial charge in [-0.1, -0.05) is 12.1 Å². The second kappa shape index (κ2) is 6.34. The van der Waals surface area contributed by atoms with Crippen LogP contribution in [0.5, 0.6) is 0 Å². The zero-order valence-electron chi connectivity index (χ0n) is 11.8. The largest absolute Gasteiger partial charge is 0.343 e. The predicted octanol–water partition coefficient (Wildman–Crippen LogP) is 1.26. The zero-order valence-corrected chi connectivity index (χ0v) is 11.8. The van der Waals surface area contributed by atoms with Crippen LogP contribution in [0.15, 0.2) is 18.2 Å². The predicted molar refractivity (Wildman–Crippen MR) is 76.0 cm³/mol. The van der Waals surface area contributed by atoms with Crippen molar-refractivity contribution in [2.75, 3.05) is 19.6 Å². The van der Waals surface area contributed by atoms with E-state index in [0.29, 0.717) is 18.7 Å². The smallest absolute Gasteiger partial charge is 0.285 e. The molecule has 112 valence electrons. The Morgan fingerprint density at radius 3 is 2.62 bits per heavy atom. The van der Waals surface area contributed by atoms with Gasteiger partial charge in [0.15, 0.2) is 0 Å². The summed E-state index contributed by atoms with van der Waals surface area (Å²) >= 11 is 0. The molecule has 0 atom stereocenters. The summed E-state index contributed by atoms with van der Waals surface area (Å²) in [4.78, 5) is 36.1. The number of carbonyl (C=O) groups excluding carboxylic acids is 2. The Labute approximate surface area is 122 Å². The first-order valence-electron chi connectivity index (χ1n) is 6.80. The molecule has 1 aromatic carbocycles. The van der Waals surface area contributed by atoms with E-state index in [1.165, 1.54) is 6.07 Å². The molecule has 2 amide bonds. The topological polar surface area (TPSA) is 92.6 Å². The van der Waals surface area contributed by atoms with E-state index < -0.39 is 10.8 Å². The molecule has 1 N–H and O–H groups in total. The molecule has 1 saturated heterocycles. The number of para-hydroxylation sites is 1. The van der Waals surface area contributed by atoms with Crippen LogP contribution >= 0.6 is 0 Å². The number of aryl methyl sites for hydroxylation is 1. The molecule has 1 aromatic rings.